The van der Waals surface area contributed by atoms with Crippen molar-refractivity contribution in [1.29, 1.82) is 0 Å². The molecule has 11 nitrogen and oxygen atoms in total. The number of phenolic OH excluding ortho intramolecular Hbond substituents is 2. The van der Waals surface area contributed by atoms with Crippen molar-refractivity contribution < 1.29 is 49.3 Å². The quantitative estimate of drug-likeness (QED) is 0.279. The third kappa shape index (κ3) is 3.42. The van der Waals surface area contributed by atoms with Gasteiger partial charge in [-0.25, -0.2) is 4.79 Å². The van der Waals surface area contributed by atoms with Crippen molar-refractivity contribution in [3.05, 3.63) is 52.7 Å². The summed E-state index contributed by atoms with van der Waals surface area (Å²) < 4.78 is 17.2. The zero-order chi connectivity index (χ0) is 27.8. The van der Waals surface area contributed by atoms with Gasteiger partial charge in [-0.1, -0.05) is 30.3 Å². The molecule has 0 amide bonds. The number of hydrogen-bond donors (Lipinski definition) is 6. The SMILES string of the molecule is CC1(O)C(C)(O)[C@](C)(O)C(C)(C(=O)O)O[C@@]1(C)Oc1cc2oc(-c3ccccc3)cc(=O)c2c(O)c1O. The fourth-order valence-electron chi connectivity index (χ4n) is 4.64. The lowest BCUT2D eigenvalue weighted by atomic mass is 9.61. The molecule has 3 aromatic rings. The second-order valence-corrected chi connectivity index (χ2v) is 9.99. The maximum atomic E-state index is 12.8. The molecule has 1 aromatic heterocycles. The van der Waals surface area contributed by atoms with Crippen molar-refractivity contribution in [3.63, 3.8) is 0 Å². The van der Waals surface area contributed by atoms with Crippen molar-refractivity contribution in [2.45, 2.75) is 62.8 Å². The Hall–Kier alpha value is -3.64. The van der Waals surface area contributed by atoms with Gasteiger partial charge >= 0.3 is 5.97 Å². The predicted octanol–water partition coefficient (Wildman–Crippen LogP) is 2.09. The Balaban J connectivity index is 1.91. The summed E-state index contributed by atoms with van der Waals surface area (Å²) in [5, 5.41) is 64.4. The fraction of sp³-hybridized carbons (Fsp3) is 0.385. The molecular formula is C26H28O11. The fourth-order valence-corrected chi connectivity index (χ4v) is 4.64. The first-order valence-corrected chi connectivity index (χ1v) is 11.3. The summed E-state index contributed by atoms with van der Waals surface area (Å²) >= 11 is 0. The number of carboxylic acid groups (broad SMARTS) is 1. The lowest BCUT2D eigenvalue weighted by Crippen LogP contribution is -2.86. The molecule has 2 heterocycles. The van der Waals surface area contributed by atoms with E-state index in [-0.39, 0.29) is 16.7 Å². The van der Waals surface area contributed by atoms with Gasteiger partial charge in [0, 0.05) is 24.6 Å². The highest BCUT2D eigenvalue weighted by molar-refractivity contribution is 5.89. The Kier molecular flexibility index (Phi) is 5.66. The summed E-state index contributed by atoms with van der Waals surface area (Å²) in [6.45, 7) is 5.14. The first-order chi connectivity index (χ1) is 16.9. The van der Waals surface area contributed by atoms with Crippen LogP contribution in [0.2, 0.25) is 0 Å². The van der Waals surface area contributed by atoms with Gasteiger partial charge in [-0.15, -0.1) is 0 Å². The molecule has 37 heavy (non-hydrogen) atoms. The number of aromatic hydroxyl groups is 2. The summed E-state index contributed by atoms with van der Waals surface area (Å²) in [6, 6.07) is 10.8. The lowest BCUT2D eigenvalue weighted by Gasteiger charge is -2.63. The average molecular weight is 516 g/mol. The van der Waals surface area contributed by atoms with E-state index < -0.39 is 56.8 Å². The van der Waals surface area contributed by atoms with Gasteiger partial charge in [-0.05, 0) is 27.7 Å². The molecule has 0 radical (unpaired) electrons. The maximum absolute atomic E-state index is 12.8. The van der Waals surface area contributed by atoms with Gasteiger partial charge in [0.2, 0.25) is 11.5 Å². The number of fused-ring (bicyclic) bond motifs is 1. The van der Waals surface area contributed by atoms with E-state index in [1.54, 1.807) is 30.3 Å². The van der Waals surface area contributed by atoms with Gasteiger partial charge in [-0.2, -0.15) is 0 Å². The smallest absolute Gasteiger partial charge is 0.339 e. The highest BCUT2D eigenvalue weighted by Crippen LogP contribution is 2.55. The Morgan fingerprint density at radius 1 is 0.865 bits per heavy atom. The van der Waals surface area contributed by atoms with Crippen LogP contribution < -0.4 is 10.2 Å². The molecule has 198 valence electrons. The summed E-state index contributed by atoms with van der Waals surface area (Å²) in [7, 11) is 0. The minimum absolute atomic E-state index is 0.152. The minimum atomic E-state index is -2.55. The van der Waals surface area contributed by atoms with Crippen LogP contribution in [0.15, 0.2) is 51.7 Å². The zero-order valence-corrected chi connectivity index (χ0v) is 20.8. The Morgan fingerprint density at radius 3 is 2.03 bits per heavy atom. The summed E-state index contributed by atoms with van der Waals surface area (Å²) in [5.41, 5.74) is -10.4. The van der Waals surface area contributed by atoms with Gasteiger partial charge in [0.25, 0.3) is 0 Å². The molecular weight excluding hydrogens is 488 g/mol. The van der Waals surface area contributed by atoms with Crippen LogP contribution in [0.4, 0.5) is 0 Å². The third-order valence-electron chi connectivity index (χ3n) is 7.81. The van der Waals surface area contributed by atoms with Crippen LogP contribution in [0.5, 0.6) is 17.2 Å². The first kappa shape index (κ1) is 26.4. The molecule has 1 saturated heterocycles. The molecule has 6 N–H and O–H groups in total. The monoisotopic (exact) mass is 516 g/mol. The minimum Gasteiger partial charge on any atom is -0.504 e. The first-order valence-electron chi connectivity index (χ1n) is 11.3. The molecule has 1 fully saturated rings. The molecule has 0 aliphatic carbocycles. The van der Waals surface area contributed by atoms with Gasteiger partial charge < -0.3 is 44.5 Å². The molecule has 1 aliphatic rings. The van der Waals surface area contributed by atoms with E-state index in [1.165, 1.54) is 0 Å². The molecule has 0 spiro atoms. The third-order valence-corrected chi connectivity index (χ3v) is 7.81. The number of benzene rings is 2. The summed E-state index contributed by atoms with van der Waals surface area (Å²) in [4.78, 5) is 24.9. The van der Waals surface area contributed by atoms with Crippen molar-refractivity contribution in [2.75, 3.05) is 0 Å². The zero-order valence-electron chi connectivity index (χ0n) is 20.8. The molecule has 5 atom stereocenters. The van der Waals surface area contributed by atoms with E-state index in [4.69, 9.17) is 13.9 Å². The van der Waals surface area contributed by atoms with E-state index in [0.29, 0.717) is 5.56 Å². The van der Waals surface area contributed by atoms with Gasteiger partial charge in [0.15, 0.2) is 28.1 Å². The van der Waals surface area contributed by atoms with Crippen molar-refractivity contribution in [2.24, 2.45) is 0 Å². The van der Waals surface area contributed by atoms with Crippen LogP contribution in [-0.2, 0) is 9.53 Å². The molecule has 11 heteroatoms. The molecule has 4 rings (SSSR count). The number of aliphatic carboxylic acids is 1. The van der Waals surface area contributed by atoms with E-state index in [2.05, 4.69) is 0 Å². The predicted molar refractivity (Wildman–Crippen MR) is 129 cm³/mol. The number of aliphatic hydroxyl groups is 3. The normalized spacial score (nSPS) is 33.8. The molecule has 0 saturated carbocycles. The van der Waals surface area contributed by atoms with Crippen molar-refractivity contribution in [1.82, 2.24) is 0 Å². The number of phenols is 2. The van der Waals surface area contributed by atoms with E-state index >= 15 is 0 Å². The van der Waals surface area contributed by atoms with Crippen LogP contribution in [0, 0.1) is 0 Å². The molecule has 1 aliphatic heterocycles. The number of carboxylic acids is 1. The summed E-state index contributed by atoms with van der Waals surface area (Å²) in [5.74, 6) is -6.35. The van der Waals surface area contributed by atoms with Crippen LogP contribution in [0.25, 0.3) is 22.3 Å². The number of hydrogen-bond acceptors (Lipinski definition) is 10. The van der Waals surface area contributed by atoms with Crippen LogP contribution in [-0.4, -0.2) is 64.8 Å². The summed E-state index contributed by atoms with van der Waals surface area (Å²) in [6.07, 6.45) is 0. The van der Waals surface area contributed by atoms with Gasteiger partial charge in [0.1, 0.15) is 27.9 Å². The molecule has 0 bridgehead atoms. The number of carbonyl (C=O) groups is 1. The van der Waals surface area contributed by atoms with Crippen molar-refractivity contribution >= 4 is 16.9 Å². The maximum Gasteiger partial charge on any atom is 0.339 e. The molecule has 3 unspecified atom stereocenters. The standard InChI is InChI=1S/C26H28O11/c1-22(21(30)31)23(2,32)24(3,33)25(4,34)26(5,37-22)36-17-12-16-18(20(29)19(17)28)14(27)11-15(35-16)13-9-7-6-8-10-13/h6-12,28-29,32-34H,1-5H3,(H,30,31)/t22?,23-,24?,25?,26-/m1/s1. The second kappa shape index (κ2) is 7.93. The van der Waals surface area contributed by atoms with Crippen LogP contribution in [0.1, 0.15) is 34.6 Å². The highest BCUT2D eigenvalue weighted by Gasteiger charge is 2.77. The topological polar surface area (TPSA) is 187 Å². The Morgan fingerprint density at radius 2 is 1.46 bits per heavy atom. The second-order valence-electron chi connectivity index (χ2n) is 9.99. The Bertz CT molecular complexity index is 1450. The van der Waals surface area contributed by atoms with Crippen molar-refractivity contribution in [3.8, 4) is 28.6 Å². The van der Waals surface area contributed by atoms with E-state index in [0.717, 1.165) is 46.8 Å². The lowest BCUT2D eigenvalue weighted by molar-refractivity contribution is -0.430. The van der Waals surface area contributed by atoms with Crippen LogP contribution in [0.3, 0.4) is 0 Å². The number of rotatable bonds is 4. The molecule has 2 aromatic carbocycles. The Labute approximate surface area is 210 Å². The van der Waals surface area contributed by atoms with Crippen LogP contribution >= 0.6 is 0 Å². The average Bonchev–Trinajstić information content (AvgIpc) is 2.81. The highest BCUT2D eigenvalue weighted by atomic mass is 16.7. The van der Waals surface area contributed by atoms with E-state index in [9.17, 15) is 40.2 Å². The van der Waals surface area contributed by atoms with Gasteiger partial charge in [-0.3, -0.25) is 4.79 Å². The number of ether oxygens (including phenoxy) is 2. The van der Waals surface area contributed by atoms with Gasteiger partial charge in [0.05, 0.1) is 0 Å². The van der Waals surface area contributed by atoms with E-state index in [1.807, 2.05) is 0 Å². The largest absolute Gasteiger partial charge is 0.504 e.